The maximum Gasteiger partial charge on any atom is 0.573 e. The van der Waals surface area contributed by atoms with Gasteiger partial charge in [-0.3, -0.25) is 10.1 Å². The number of fused-ring (bicyclic) bond motifs is 1. The zero-order chi connectivity index (χ0) is 22.1. The Kier molecular flexibility index (Phi) is 5.74. The highest BCUT2D eigenvalue weighted by molar-refractivity contribution is 6.32. The van der Waals surface area contributed by atoms with Crippen LogP contribution in [0.25, 0.3) is 10.9 Å². The second-order valence-electron chi connectivity index (χ2n) is 5.90. The molecule has 0 unspecified atom stereocenters. The van der Waals surface area contributed by atoms with Crippen LogP contribution in [0, 0.1) is 10.1 Å². The number of carbonyl (C=O) groups is 1. The van der Waals surface area contributed by atoms with Crippen LogP contribution < -0.4 is 10.1 Å². The highest BCUT2D eigenvalue weighted by Gasteiger charge is 2.32. The number of nitro groups is 1. The zero-order valence-electron chi connectivity index (χ0n) is 15.2. The van der Waals surface area contributed by atoms with Crippen molar-refractivity contribution in [2.24, 2.45) is 0 Å². The lowest BCUT2D eigenvalue weighted by Crippen LogP contribution is -2.17. The van der Waals surface area contributed by atoms with E-state index >= 15 is 0 Å². The molecular weight excluding hydrogens is 431 g/mol. The summed E-state index contributed by atoms with van der Waals surface area (Å²) in [6, 6.07) is 7.53. The van der Waals surface area contributed by atoms with Gasteiger partial charge in [-0.25, -0.2) is 4.79 Å². The maximum absolute atomic E-state index is 12.4. The molecule has 0 bridgehead atoms. The van der Waals surface area contributed by atoms with E-state index < -0.39 is 23.0 Å². The number of aromatic nitrogens is 1. The number of nitrogens with one attached hydrogen (secondary N) is 2. The number of alkyl halides is 3. The molecule has 3 rings (SSSR count). The van der Waals surface area contributed by atoms with Crippen molar-refractivity contribution in [3.05, 3.63) is 57.2 Å². The lowest BCUT2D eigenvalue weighted by atomic mass is 10.1. The Morgan fingerprint density at radius 2 is 2.00 bits per heavy atom. The van der Waals surface area contributed by atoms with Gasteiger partial charge in [0.05, 0.1) is 16.6 Å². The van der Waals surface area contributed by atoms with E-state index in [0.29, 0.717) is 16.8 Å². The molecule has 2 aromatic carbocycles. The molecule has 1 aromatic heterocycles. The number of benzene rings is 2. The second-order valence-corrected chi connectivity index (χ2v) is 6.31. The summed E-state index contributed by atoms with van der Waals surface area (Å²) in [5.41, 5.74) is 0.469. The number of aromatic amines is 1. The highest BCUT2D eigenvalue weighted by atomic mass is 35.5. The van der Waals surface area contributed by atoms with E-state index in [1.807, 2.05) is 0 Å². The summed E-state index contributed by atoms with van der Waals surface area (Å²) in [6.07, 6.45) is -4.89. The van der Waals surface area contributed by atoms with Gasteiger partial charge in [0.2, 0.25) is 0 Å². The molecule has 0 aliphatic heterocycles. The van der Waals surface area contributed by atoms with E-state index in [-0.39, 0.29) is 28.5 Å². The first-order chi connectivity index (χ1) is 14.1. The quantitative estimate of drug-likeness (QED) is 0.294. The minimum atomic E-state index is -4.89. The first-order valence-corrected chi connectivity index (χ1v) is 8.76. The first-order valence-electron chi connectivity index (χ1n) is 8.38. The Hall–Kier alpha value is -3.47. The van der Waals surface area contributed by atoms with Gasteiger partial charge in [0.1, 0.15) is 17.0 Å². The molecule has 0 saturated carbocycles. The monoisotopic (exact) mass is 443 g/mol. The van der Waals surface area contributed by atoms with Gasteiger partial charge in [0, 0.05) is 22.8 Å². The number of esters is 1. The number of halogens is 4. The number of non-ortho nitro benzene ring substituents is 1. The van der Waals surface area contributed by atoms with Crippen molar-refractivity contribution in [1.82, 2.24) is 4.98 Å². The molecule has 158 valence electrons. The van der Waals surface area contributed by atoms with Crippen LogP contribution in [0.5, 0.6) is 5.75 Å². The normalized spacial score (nSPS) is 11.4. The molecule has 2 N–H and O–H groups in total. The van der Waals surface area contributed by atoms with Crippen LogP contribution in [0.1, 0.15) is 17.4 Å². The minimum absolute atomic E-state index is 0.0103. The fourth-order valence-electron chi connectivity index (χ4n) is 2.73. The number of ether oxygens (including phenoxy) is 2. The Balaban J connectivity index is 2.00. The Labute approximate surface area is 171 Å². The van der Waals surface area contributed by atoms with Gasteiger partial charge in [0.25, 0.3) is 5.69 Å². The fraction of sp³-hybridized carbons (Fsp3) is 0.167. The molecule has 12 heteroatoms. The number of rotatable bonds is 6. The van der Waals surface area contributed by atoms with Gasteiger partial charge in [-0.2, -0.15) is 0 Å². The van der Waals surface area contributed by atoms with Crippen LogP contribution in [0.4, 0.5) is 30.2 Å². The third kappa shape index (κ3) is 4.57. The molecule has 0 atom stereocenters. The molecule has 0 spiro atoms. The molecule has 3 aromatic rings. The number of carbonyl (C=O) groups excluding carboxylic acids is 1. The largest absolute Gasteiger partial charge is 0.573 e. The second kappa shape index (κ2) is 8.11. The Bertz CT molecular complexity index is 1130. The molecule has 0 saturated heterocycles. The fourth-order valence-corrected chi connectivity index (χ4v) is 2.95. The topological polar surface area (TPSA) is 106 Å². The Morgan fingerprint density at radius 3 is 2.60 bits per heavy atom. The summed E-state index contributed by atoms with van der Waals surface area (Å²) >= 11 is 5.85. The average molecular weight is 444 g/mol. The Morgan fingerprint density at radius 1 is 1.27 bits per heavy atom. The molecule has 0 aliphatic carbocycles. The van der Waals surface area contributed by atoms with Crippen LogP contribution in [0.3, 0.4) is 0 Å². The predicted octanol–water partition coefficient (Wildman–Crippen LogP) is 5.55. The first kappa shape index (κ1) is 21.2. The number of nitrogens with zero attached hydrogens (tertiary/aromatic N) is 1. The van der Waals surface area contributed by atoms with Crippen LogP contribution in [-0.4, -0.2) is 28.8 Å². The summed E-state index contributed by atoms with van der Waals surface area (Å²) in [4.78, 5) is 25.4. The van der Waals surface area contributed by atoms with Gasteiger partial charge in [-0.1, -0.05) is 11.6 Å². The highest BCUT2D eigenvalue weighted by Crippen LogP contribution is 2.36. The molecule has 0 amide bonds. The lowest BCUT2D eigenvalue weighted by Gasteiger charge is -2.13. The maximum atomic E-state index is 12.4. The van der Waals surface area contributed by atoms with Crippen molar-refractivity contribution in [3.63, 3.8) is 0 Å². The van der Waals surface area contributed by atoms with Crippen LogP contribution in [-0.2, 0) is 4.74 Å². The summed E-state index contributed by atoms with van der Waals surface area (Å²) in [5, 5.41) is 14.2. The van der Waals surface area contributed by atoms with E-state index in [0.717, 1.165) is 6.07 Å². The van der Waals surface area contributed by atoms with Crippen molar-refractivity contribution in [2.75, 3.05) is 11.9 Å². The zero-order valence-corrected chi connectivity index (χ0v) is 15.9. The SMILES string of the molecule is CCOC(=O)c1cc2c(Nc3ccc(OC(F)(F)F)c(Cl)c3)ccc([N+](=O)[O-])c2[nH]1. The van der Waals surface area contributed by atoms with Crippen LogP contribution in [0.15, 0.2) is 36.4 Å². The van der Waals surface area contributed by atoms with Crippen molar-refractivity contribution in [1.29, 1.82) is 0 Å². The van der Waals surface area contributed by atoms with E-state index in [1.54, 1.807) is 6.92 Å². The number of nitro benzene ring substituents is 1. The van der Waals surface area contributed by atoms with E-state index in [1.165, 1.54) is 30.3 Å². The van der Waals surface area contributed by atoms with Crippen molar-refractivity contribution in [3.8, 4) is 5.75 Å². The number of anilines is 2. The van der Waals surface area contributed by atoms with E-state index in [2.05, 4.69) is 15.0 Å². The summed E-state index contributed by atoms with van der Waals surface area (Å²) in [6.45, 7) is 1.73. The third-order valence-corrected chi connectivity index (χ3v) is 4.20. The molecule has 8 nitrogen and oxygen atoms in total. The van der Waals surface area contributed by atoms with E-state index in [9.17, 15) is 28.1 Å². The molecule has 0 radical (unpaired) electrons. The predicted molar refractivity (Wildman–Crippen MR) is 102 cm³/mol. The van der Waals surface area contributed by atoms with Gasteiger partial charge in [0.15, 0.2) is 0 Å². The van der Waals surface area contributed by atoms with Crippen molar-refractivity contribution < 1.29 is 32.4 Å². The number of H-pyrrole nitrogens is 1. The molecule has 1 heterocycles. The summed E-state index contributed by atoms with van der Waals surface area (Å²) < 4.78 is 45.8. The van der Waals surface area contributed by atoms with Gasteiger partial charge in [-0.05, 0) is 37.3 Å². The van der Waals surface area contributed by atoms with E-state index in [4.69, 9.17) is 16.3 Å². The minimum Gasteiger partial charge on any atom is -0.461 e. The van der Waals surface area contributed by atoms with Crippen molar-refractivity contribution in [2.45, 2.75) is 13.3 Å². The number of hydrogen-bond donors (Lipinski definition) is 2. The van der Waals surface area contributed by atoms with Gasteiger partial charge < -0.3 is 19.8 Å². The van der Waals surface area contributed by atoms with Crippen LogP contribution >= 0.6 is 11.6 Å². The lowest BCUT2D eigenvalue weighted by molar-refractivity contribution is -0.383. The average Bonchev–Trinajstić information content (AvgIpc) is 3.09. The third-order valence-electron chi connectivity index (χ3n) is 3.90. The van der Waals surface area contributed by atoms with Crippen molar-refractivity contribution >= 4 is 45.5 Å². The van der Waals surface area contributed by atoms with Gasteiger partial charge in [-0.15, -0.1) is 13.2 Å². The molecular formula is C18H13ClF3N3O5. The smallest absolute Gasteiger partial charge is 0.461 e. The molecule has 0 aliphatic rings. The summed E-state index contributed by atoms with van der Waals surface area (Å²) in [5.74, 6) is -1.26. The van der Waals surface area contributed by atoms with Crippen LogP contribution in [0.2, 0.25) is 5.02 Å². The molecule has 30 heavy (non-hydrogen) atoms. The molecule has 0 fully saturated rings. The summed E-state index contributed by atoms with van der Waals surface area (Å²) in [7, 11) is 0. The number of hydrogen-bond acceptors (Lipinski definition) is 6. The standard InChI is InChI=1S/C18H13ClF3N3O5/c1-2-29-17(26)13-8-10-12(4-5-14(25(27)28)16(10)24-13)23-9-3-6-15(11(19)7-9)30-18(20,21)22/h3-8,23-24H,2H2,1H3. The van der Waals surface area contributed by atoms with Gasteiger partial charge >= 0.3 is 12.3 Å².